The molecule has 0 aliphatic heterocycles. The molecule has 0 aliphatic rings. The van der Waals surface area contributed by atoms with Gasteiger partial charge in [0.05, 0.1) is 6.07 Å². The van der Waals surface area contributed by atoms with E-state index in [0.29, 0.717) is 5.92 Å². The molecule has 0 rings (SSSR count). The van der Waals surface area contributed by atoms with Crippen LogP contribution in [-0.4, -0.2) is 11.9 Å². The molecule has 0 radical (unpaired) electrons. The summed E-state index contributed by atoms with van der Waals surface area (Å²) in [5, 5.41) is 11.1. The molecule has 0 spiro atoms. The molecule has 0 aromatic carbocycles. The molecule has 1 unspecified atom stereocenters. The fraction of sp³-hybridized carbons (Fsp3) is 0.800. The van der Waals surface area contributed by atoms with Crippen LogP contribution in [0.5, 0.6) is 0 Å². The van der Waals surface area contributed by atoms with E-state index in [9.17, 15) is 4.79 Å². The normalized spacial score (nSPS) is 12.2. The number of rotatable bonds is 5. The predicted molar refractivity (Wildman–Crippen MR) is 51.9 cm³/mol. The van der Waals surface area contributed by atoms with Gasteiger partial charge in [-0.3, -0.25) is 4.79 Å². The molecule has 1 N–H and O–H groups in total. The molecule has 3 heteroatoms. The smallest absolute Gasteiger partial charge is 0.234 e. The maximum atomic E-state index is 11.1. The van der Waals surface area contributed by atoms with Crippen LogP contribution in [0.25, 0.3) is 0 Å². The Morgan fingerprint density at radius 1 is 1.46 bits per heavy atom. The van der Waals surface area contributed by atoms with E-state index in [1.807, 2.05) is 13.0 Å². The van der Waals surface area contributed by atoms with E-state index in [1.165, 1.54) is 0 Å². The van der Waals surface area contributed by atoms with Gasteiger partial charge in [0, 0.05) is 6.04 Å². The summed E-state index contributed by atoms with van der Waals surface area (Å²) in [6.07, 6.45) is 2.08. The minimum absolute atomic E-state index is 0.0372. The summed E-state index contributed by atoms with van der Waals surface area (Å²) in [6.45, 7) is 6.22. The topological polar surface area (TPSA) is 52.9 Å². The van der Waals surface area contributed by atoms with E-state index in [-0.39, 0.29) is 18.4 Å². The van der Waals surface area contributed by atoms with E-state index in [0.717, 1.165) is 12.8 Å². The van der Waals surface area contributed by atoms with Gasteiger partial charge in [-0.2, -0.15) is 5.26 Å². The lowest BCUT2D eigenvalue weighted by Gasteiger charge is -2.21. The first-order valence-electron chi connectivity index (χ1n) is 4.81. The zero-order chi connectivity index (χ0) is 10.3. The quantitative estimate of drug-likeness (QED) is 0.705. The molecule has 1 amide bonds. The molecular formula is C10H18N2O. The number of nitriles is 1. The van der Waals surface area contributed by atoms with Gasteiger partial charge in [0.25, 0.3) is 0 Å². The second-order valence-electron chi connectivity index (χ2n) is 3.27. The highest BCUT2D eigenvalue weighted by molar-refractivity contribution is 5.78. The van der Waals surface area contributed by atoms with Crippen LogP contribution < -0.4 is 5.32 Å². The lowest BCUT2D eigenvalue weighted by Crippen LogP contribution is -2.37. The molecule has 0 fully saturated rings. The van der Waals surface area contributed by atoms with Gasteiger partial charge in [-0.1, -0.05) is 26.7 Å². The van der Waals surface area contributed by atoms with E-state index < -0.39 is 0 Å². The molecular weight excluding hydrogens is 164 g/mol. The van der Waals surface area contributed by atoms with Crippen LogP contribution in [0.1, 0.15) is 40.0 Å². The van der Waals surface area contributed by atoms with Gasteiger partial charge in [0.2, 0.25) is 5.91 Å². The summed E-state index contributed by atoms with van der Waals surface area (Å²) < 4.78 is 0. The highest BCUT2D eigenvalue weighted by atomic mass is 16.1. The Hall–Kier alpha value is -1.04. The molecule has 0 saturated carbocycles. The number of carbonyl (C=O) groups excluding carboxylic acids is 1. The Labute approximate surface area is 80.1 Å². The van der Waals surface area contributed by atoms with Crippen LogP contribution in [-0.2, 0) is 4.79 Å². The Bertz CT molecular complexity index is 192. The van der Waals surface area contributed by atoms with Crippen molar-refractivity contribution in [3.8, 4) is 6.07 Å². The maximum Gasteiger partial charge on any atom is 0.234 e. The average Bonchev–Trinajstić information content (AvgIpc) is 2.06. The van der Waals surface area contributed by atoms with Gasteiger partial charge in [0.1, 0.15) is 6.42 Å². The molecule has 0 saturated heterocycles. The van der Waals surface area contributed by atoms with Crippen molar-refractivity contribution in [1.82, 2.24) is 5.32 Å². The lowest BCUT2D eigenvalue weighted by atomic mass is 9.95. The highest BCUT2D eigenvalue weighted by Crippen LogP contribution is 2.12. The molecule has 1 atom stereocenters. The van der Waals surface area contributed by atoms with Gasteiger partial charge in [-0.05, 0) is 12.8 Å². The van der Waals surface area contributed by atoms with Gasteiger partial charge < -0.3 is 5.32 Å². The minimum Gasteiger partial charge on any atom is -0.352 e. The number of carbonyl (C=O) groups is 1. The van der Waals surface area contributed by atoms with Crippen molar-refractivity contribution >= 4 is 5.91 Å². The molecule has 0 aromatic heterocycles. The highest BCUT2D eigenvalue weighted by Gasteiger charge is 2.14. The van der Waals surface area contributed by atoms with Crippen molar-refractivity contribution in [3.63, 3.8) is 0 Å². The van der Waals surface area contributed by atoms with E-state index >= 15 is 0 Å². The third kappa shape index (κ3) is 4.51. The first-order chi connectivity index (χ1) is 6.15. The summed E-state index contributed by atoms with van der Waals surface area (Å²) in [7, 11) is 0. The molecule has 0 aromatic rings. The van der Waals surface area contributed by atoms with Crippen LogP contribution in [0.4, 0.5) is 0 Å². The predicted octanol–water partition coefficient (Wildman–Crippen LogP) is 1.84. The van der Waals surface area contributed by atoms with Crippen molar-refractivity contribution < 1.29 is 4.79 Å². The van der Waals surface area contributed by atoms with Gasteiger partial charge in [-0.15, -0.1) is 0 Å². The average molecular weight is 182 g/mol. The molecule has 74 valence electrons. The third-order valence-electron chi connectivity index (χ3n) is 2.38. The molecule has 13 heavy (non-hydrogen) atoms. The van der Waals surface area contributed by atoms with Crippen molar-refractivity contribution in [2.45, 2.75) is 46.1 Å². The number of nitrogens with zero attached hydrogens (tertiary/aromatic N) is 1. The van der Waals surface area contributed by atoms with Crippen LogP contribution >= 0.6 is 0 Å². The monoisotopic (exact) mass is 182 g/mol. The van der Waals surface area contributed by atoms with Crippen molar-refractivity contribution in [3.05, 3.63) is 0 Å². The van der Waals surface area contributed by atoms with Crippen LogP contribution in [0.3, 0.4) is 0 Å². The second-order valence-corrected chi connectivity index (χ2v) is 3.27. The summed E-state index contributed by atoms with van der Waals surface area (Å²) in [4.78, 5) is 11.1. The molecule has 0 bridgehead atoms. The number of hydrogen-bond donors (Lipinski definition) is 1. The Morgan fingerprint density at radius 2 is 2.00 bits per heavy atom. The third-order valence-corrected chi connectivity index (χ3v) is 2.38. The summed E-state index contributed by atoms with van der Waals surface area (Å²) in [6, 6.07) is 2.01. The van der Waals surface area contributed by atoms with Crippen molar-refractivity contribution in [1.29, 1.82) is 5.26 Å². The van der Waals surface area contributed by atoms with Gasteiger partial charge in [-0.25, -0.2) is 0 Å². The van der Waals surface area contributed by atoms with Crippen molar-refractivity contribution in [2.75, 3.05) is 0 Å². The summed E-state index contributed by atoms with van der Waals surface area (Å²) in [5.74, 6) is 0.351. The van der Waals surface area contributed by atoms with Crippen LogP contribution in [0, 0.1) is 17.2 Å². The standard InChI is InChI=1S/C10H18N2O/c1-4-9(5-2)8(3)12-10(13)6-7-11/h8-9H,4-6H2,1-3H3,(H,12,13). The largest absolute Gasteiger partial charge is 0.352 e. The van der Waals surface area contributed by atoms with Gasteiger partial charge in [0.15, 0.2) is 0 Å². The minimum atomic E-state index is -0.165. The maximum absolute atomic E-state index is 11.1. The Balaban J connectivity index is 3.91. The fourth-order valence-electron chi connectivity index (χ4n) is 1.49. The summed E-state index contributed by atoms with van der Waals surface area (Å²) in [5.41, 5.74) is 0. The van der Waals surface area contributed by atoms with Gasteiger partial charge >= 0.3 is 0 Å². The number of amides is 1. The molecule has 0 aliphatic carbocycles. The first-order valence-corrected chi connectivity index (χ1v) is 4.81. The first kappa shape index (κ1) is 12.0. The van der Waals surface area contributed by atoms with Crippen LogP contribution in [0.15, 0.2) is 0 Å². The lowest BCUT2D eigenvalue weighted by molar-refractivity contribution is -0.121. The zero-order valence-corrected chi connectivity index (χ0v) is 8.63. The molecule has 0 heterocycles. The van der Waals surface area contributed by atoms with Crippen molar-refractivity contribution in [2.24, 2.45) is 5.92 Å². The van der Waals surface area contributed by atoms with Crippen LogP contribution in [0.2, 0.25) is 0 Å². The zero-order valence-electron chi connectivity index (χ0n) is 8.63. The molecule has 3 nitrogen and oxygen atoms in total. The van der Waals surface area contributed by atoms with E-state index in [4.69, 9.17) is 5.26 Å². The second kappa shape index (κ2) is 6.47. The fourth-order valence-corrected chi connectivity index (χ4v) is 1.49. The number of nitrogens with one attached hydrogen (secondary N) is 1. The Kier molecular flexibility index (Phi) is 5.96. The number of hydrogen-bond acceptors (Lipinski definition) is 2. The Morgan fingerprint density at radius 3 is 2.38 bits per heavy atom. The van der Waals surface area contributed by atoms with E-state index in [2.05, 4.69) is 19.2 Å². The SMILES string of the molecule is CCC(CC)C(C)NC(=O)CC#N. The summed E-state index contributed by atoms with van der Waals surface area (Å²) >= 11 is 0. The van der Waals surface area contributed by atoms with E-state index in [1.54, 1.807) is 0 Å².